The zero-order valence-electron chi connectivity index (χ0n) is 9.57. The maximum Gasteiger partial charge on any atom is 0.0619 e. The Hall–Kier alpha value is -0.860. The quantitative estimate of drug-likeness (QED) is 0.734. The van der Waals surface area contributed by atoms with Crippen LogP contribution >= 0.6 is 0 Å². The molecule has 0 bridgehead atoms. The number of hydrogen-bond donors (Lipinski definition) is 0. The topological polar surface area (TPSA) is 12.5 Å². The van der Waals surface area contributed by atoms with Gasteiger partial charge in [0.25, 0.3) is 0 Å². The smallest absolute Gasteiger partial charge is 0.0619 e. The van der Waals surface area contributed by atoms with E-state index in [9.17, 15) is 0 Å². The van der Waals surface area contributed by atoms with Crippen LogP contribution in [0, 0.1) is 6.92 Å². The highest BCUT2D eigenvalue weighted by Gasteiger charge is 2.18. The van der Waals surface area contributed by atoms with Crippen molar-refractivity contribution in [1.29, 1.82) is 0 Å². The molecule has 1 atom stereocenters. The molecule has 2 rings (SSSR count). The van der Waals surface area contributed by atoms with Crippen molar-refractivity contribution in [3.8, 4) is 0 Å². The molecule has 82 valence electrons. The van der Waals surface area contributed by atoms with Gasteiger partial charge in [-0.15, -0.1) is 0 Å². The van der Waals surface area contributed by atoms with Crippen LogP contribution in [-0.2, 0) is 11.3 Å². The lowest BCUT2D eigenvalue weighted by atomic mass is 10.1. The van der Waals surface area contributed by atoms with E-state index in [1.54, 1.807) is 0 Å². The second kappa shape index (κ2) is 4.77. The third-order valence-corrected chi connectivity index (χ3v) is 3.14. The van der Waals surface area contributed by atoms with Gasteiger partial charge in [0.1, 0.15) is 0 Å². The maximum atomic E-state index is 5.44. The standard InChI is InChI=1S/C13H19NO/c1-11-5-3-4-6-13(11)9-14-7-8-15-10-12(14)2/h3-6,12H,7-10H2,1-2H3. The van der Waals surface area contributed by atoms with Gasteiger partial charge in [0.05, 0.1) is 13.2 Å². The van der Waals surface area contributed by atoms with E-state index in [0.717, 1.165) is 26.3 Å². The molecule has 0 N–H and O–H groups in total. The summed E-state index contributed by atoms with van der Waals surface area (Å²) in [6.45, 7) is 8.26. The third-order valence-electron chi connectivity index (χ3n) is 3.14. The molecule has 1 aromatic carbocycles. The average molecular weight is 205 g/mol. The first-order valence-electron chi connectivity index (χ1n) is 5.63. The summed E-state index contributed by atoms with van der Waals surface area (Å²) >= 11 is 0. The van der Waals surface area contributed by atoms with Crippen LogP contribution < -0.4 is 0 Å². The normalized spacial score (nSPS) is 22.9. The van der Waals surface area contributed by atoms with Crippen molar-refractivity contribution in [3.63, 3.8) is 0 Å². The van der Waals surface area contributed by atoms with Crippen molar-refractivity contribution in [2.75, 3.05) is 19.8 Å². The molecular weight excluding hydrogens is 186 g/mol. The van der Waals surface area contributed by atoms with Gasteiger partial charge in [-0.2, -0.15) is 0 Å². The Morgan fingerprint density at radius 1 is 1.40 bits per heavy atom. The number of nitrogens with zero attached hydrogens (tertiary/aromatic N) is 1. The largest absolute Gasteiger partial charge is 0.379 e. The number of ether oxygens (including phenoxy) is 1. The molecule has 15 heavy (non-hydrogen) atoms. The van der Waals surface area contributed by atoms with Crippen molar-refractivity contribution < 1.29 is 4.74 Å². The molecule has 1 fully saturated rings. The fourth-order valence-corrected chi connectivity index (χ4v) is 2.00. The molecule has 0 spiro atoms. The SMILES string of the molecule is Cc1ccccc1CN1CCOCC1C. The van der Waals surface area contributed by atoms with Crippen molar-refractivity contribution in [2.45, 2.75) is 26.4 Å². The van der Waals surface area contributed by atoms with Gasteiger partial charge in [0.15, 0.2) is 0 Å². The summed E-state index contributed by atoms with van der Waals surface area (Å²) in [6, 6.07) is 9.16. The summed E-state index contributed by atoms with van der Waals surface area (Å²) in [5.74, 6) is 0. The molecule has 0 radical (unpaired) electrons. The van der Waals surface area contributed by atoms with Crippen LogP contribution in [-0.4, -0.2) is 30.7 Å². The number of morpholine rings is 1. The van der Waals surface area contributed by atoms with Crippen molar-refractivity contribution in [2.24, 2.45) is 0 Å². The Morgan fingerprint density at radius 3 is 2.93 bits per heavy atom. The van der Waals surface area contributed by atoms with E-state index in [0.29, 0.717) is 6.04 Å². The van der Waals surface area contributed by atoms with Gasteiger partial charge in [-0.1, -0.05) is 24.3 Å². The van der Waals surface area contributed by atoms with E-state index >= 15 is 0 Å². The first-order valence-corrected chi connectivity index (χ1v) is 5.63. The van der Waals surface area contributed by atoms with Gasteiger partial charge in [-0.05, 0) is 25.0 Å². The van der Waals surface area contributed by atoms with Crippen molar-refractivity contribution in [1.82, 2.24) is 4.90 Å². The number of rotatable bonds is 2. The highest BCUT2D eigenvalue weighted by atomic mass is 16.5. The zero-order chi connectivity index (χ0) is 10.7. The van der Waals surface area contributed by atoms with Crippen LogP contribution in [0.3, 0.4) is 0 Å². The van der Waals surface area contributed by atoms with Crippen LogP contribution in [0.15, 0.2) is 24.3 Å². The summed E-state index contributed by atoms with van der Waals surface area (Å²) in [4.78, 5) is 2.49. The molecule has 0 aromatic heterocycles. The van der Waals surface area contributed by atoms with Gasteiger partial charge in [-0.3, -0.25) is 4.90 Å². The van der Waals surface area contributed by atoms with E-state index in [4.69, 9.17) is 4.74 Å². The Bertz CT molecular complexity index is 324. The van der Waals surface area contributed by atoms with Crippen molar-refractivity contribution >= 4 is 0 Å². The summed E-state index contributed by atoms with van der Waals surface area (Å²) in [5, 5.41) is 0. The first kappa shape index (κ1) is 10.7. The van der Waals surface area contributed by atoms with Gasteiger partial charge < -0.3 is 4.74 Å². The number of hydrogen-bond acceptors (Lipinski definition) is 2. The Balaban J connectivity index is 2.04. The van der Waals surface area contributed by atoms with E-state index in [2.05, 4.69) is 43.0 Å². The Morgan fingerprint density at radius 2 is 2.20 bits per heavy atom. The van der Waals surface area contributed by atoms with Crippen LogP contribution in [0.5, 0.6) is 0 Å². The lowest BCUT2D eigenvalue weighted by molar-refractivity contribution is -0.00444. The Kier molecular flexibility index (Phi) is 3.39. The molecule has 0 saturated carbocycles. The molecule has 1 saturated heterocycles. The fraction of sp³-hybridized carbons (Fsp3) is 0.538. The summed E-state index contributed by atoms with van der Waals surface area (Å²) in [5.41, 5.74) is 2.82. The lowest BCUT2D eigenvalue weighted by Crippen LogP contribution is -2.43. The number of aryl methyl sites for hydroxylation is 1. The predicted molar refractivity (Wildman–Crippen MR) is 61.9 cm³/mol. The molecule has 1 aliphatic rings. The van der Waals surface area contributed by atoms with Gasteiger partial charge in [0, 0.05) is 19.1 Å². The minimum Gasteiger partial charge on any atom is -0.379 e. The van der Waals surface area contributed by atoms with E-state index in [1.807, 2.05) is 0 Å². The Labute approximate surface area is 91.9 Å². The van der Waals surface area contributed by atoms with Crippen LogP contribution in [0.2, 0.25) is 0 Å². The van der Waals surface area contributed by atoms with Crippen LogP contribution in [0.1, 0.15) is 18.1 Å². The molecule has 1 aliphatic heterocycles. The fourth-order valence-electron chi connectivity index (χ4n) is 2.00. The summed E-state index contributed by atoms with van der Waals surface area (Å²) in [7, 11) is 0. The molecule has 2 heteroatoms. The van der Waals surface area contributed by atoms with E-state index in [-0.39, 0.29) is 0 Å². The summed E-state index contributed by atoms with van der Waals surface area (Å²) < 4.78 is 5.44. The molecule has 1 unspecified atom stereocenters. The molecule has 2 nitrogen and oxygen atoms in total. The third kappa shape index (κ3) is 2.58. The maximum absolute atomic E-state index is 5.44. The lowest BCUT2D eigenvalue weighted by Gasteiger charge is -2.33. The first-order chi connectivity index (χ1) is 7.27. The van der Waals surface area contributed by atoms with Gasteiger partial charge in [-0.25, -0.2) is 0 Å². The zero-order valence-corrected chi connectivity index (χ0v) is 9.57. The molecule has 0 aliphatic carbocycles. The molecular formula is C13H19NO. The highest BCUT2D eigenvalue weighted by Crippen LogP contribution is 2.14. The second-order valence-corrected chi connectivity index (χ2v) is 4.32. The summed E-state index contributed by atoms with van der Waals surface area (Å²) in [6.07, 6.45) is 0. The average Bonchev–Trinajstić information content (AvgIpc) is 2.24. The highest BCUT2D eigenvalue weighted by molar-refractivity contribution is 5.25. The predicted octanol–water partition coefficient (Wildman–Crippen LogP) is 2.22. The molecule has 1 heterocycles. The minimum atomic E-state index is 0.540. The van der Waals surface area contributed by atoms with Crippen LogP contribution in [0.25, 0.3) is 0 Å². The molecule has 0 amide bonds. The minimum absolute atomic E-state index is 0.540. The monoisotopic (exact) mass is 205 g/mol. The van der Waals surface area contributed by atoms with Gasteiger partial charge in [0.2, 0.25) is 0 Å². The van der Waals surface area contributed by atoms with Gasteiger partial charge >= 0.3 is 0 Å². The second-order valence-electron chi connectivity index (χ2n) is 4.32. The van der Waals surface area contributed by atoms with E-state index in [1.165, 1.54) is 11.1 Å². The van der Waals surface area contributed by atoms with Crippen LogP contribution in [0.4, 0.5) is 0 Å². The van der Waals surface area contributed by atoms with E-state index < -0.39 is 0 Å². The van der Waals surface area contributed by atoms with Crippen molar-refractivity contribution in [3.05, 3.63) is 35.4 Å². The number of benzene rings is 1. The molecule has 1 aromatic rings.